The Kier molecular flexibility index (Phi) is 2.50. The van der Waals surface area contributed by atoms with Gasteiger partial charge in [0, 0.05) is 0 Å². The molecule has 0 aromatic heterocycles. The van der Waals surface area contributed by atoms with Crippen molar-refractivity contribution in [3.05, 3.63) is 15.3 Å². The van der Waals surface area contributed by atoms with Crippen LogP contribution in [-0.2, 0) is 0 Å². The first-order valence-electron chi connectivity index (χ1n) is 4.45. The van der Waals surface area contributed by atoms with Crippen molar-refractivity contribution < 1.29 is 9.99 Å². The van der Waals surface area contributed by atoms with Crippen LogP contribution in [-0.4, -0.2) is 59.8 Å². The number of nitrogens with zero attached hydrogens (tertiary/aromatic N) is 4. The second-order valence-electron chi connectivity index (χ2n) is 3.88. The summed E-state index contributed by atoms with van der Waals surface area (Å²) >= 11 is 0. The molecule has 0 saturated carbocycles. The van der Waals surface area contributed by atoms with E-state index in [1.54, 1.807) is 4.90 Å². The van der Waals surface area contributed by atoms with Gasteiger partial charge in [-0.05, 0) is 0 Å². The third-order valence-corrected chi connectivity index (χ3v) is 2.54. The van der Waals surface area contributed by atoms with Crippen molar-refractivity contribution in [2.45, 2.75) is 0 Å². The zero-order chi connectivity index (χ0) is 10.1. The van der Waals surface area contributed by atoms with Gasteiger partial charge in [-0.15, -0.1) is 0 Å². The molecule has 0 aliphatic carbocycles. The van der Waals surface area contributed by atoms with Crippen LogP contribution in [0.1, 0.15) is 0 Å². The number of hydrogen-bond acceptors (Lipinski definition) is 6. The lowest BCUT2D eigenvalue weighted by Gasteiger charge is -2.53. The molecule has 8 nitrogen and oxygen atoms in total. The highest BCUT2D eigenvalue weighted by atomic mass is 16.9. The van der Waals surface area contributed by atoms with Crippen LogP contribution < -0.4 is 4.90 Å². The minimum Gasteiger partial charge on any atom is -0.356 e. The molecule has 4 heterocycles. The van der Waals surface area contributed by atoms with E-state index in [9.17, 15) is 0 Å². The van der Waals surface area contributed by atoms with Crippen LogP contribution in [0.5, 0.6) is 0 Å². The summed E-state index contributed by atoms with van der Waals surface area (Å²) in [5, 5.41) is 14.8. The number of nitrogens with one attached hydrogen (secondary N) is 1. The summed E-state index contributed by atoms with van der Waals surface area (Å²) in [5.74, 6) is 0. The maximum Gasteiger partial charge on any atom is 0.137 e. The molecule has 4 rings (SSSR count). The Labute approximate surface area is 81.0 Å². The summed E-state index contributed by atoms with van der Waals surface area (Å²) in [6.45, 7) is 7.44. The second-order valence-corrected chi connectivity index (χ2v) is 3.88. The van der Waals surface area contributed by atoms with Crippen molar-refractivity contribution in [2.75, 3.05) is 40.0 Å². The molecule has 0 radical (unpaired) electrons. The highest BCUT2D eigenvalue weighted by Gasteiger charge is 2.39. The van der Waals surface area contributed by atoms with E-state index in [4.69, 9.17) is 15.3 Å². The Morgan fingerprint density at radius 2 is 1.21 bits per heavy atom. The van der Waals surface area contributed by atoms with Crippen LogP contribution >= 0.6 is 0 Å². The molecule has 80 valence electrons. The van der Waals surface area contributed by atoms with Crippen LogP contribution in [0, 0.1) is 15.3 Å². The molecule has 0 aromatic carbocycles. The highest BCUT2D eigenvalue weighted by molar-refractivity contribution is 4.69. The Hall–Kier alpha value is -0.960. The van der Waals surface area contributed by atoms with Gasteiger partial charge in [-0.2, -0.15) is 0 Å². The lowest BCUT2D eigenvalue weighted by molar-refractivity contribution is -0.958. The van der Waals surface area contributed by atoms with Crippen molar-refractivity contribution in [3.8, 4) is 0 Å². The standard InChI is InChI=1S/C6H12N4.NO3/c1-7-2-9-4-8(1)5-10(3-7)6-9;2-1(3)4/h1-6H2;/q;-1/p+1. The molecule has 4 aliphatic heterocycles. The highest BCUT2D eigenvalue weighted by Crippen LogP contribution is 2.09. The monoisotopic (exact) mass is 203 g/mol. The molecule has 8 heteroatoms. The Balaban J connectivity index is 0.000000165. The molecule has 0 aromatic rings. The van der Waals surface area contributed by atoms with Crippen molar-refractivity contribution in [1.29, 1.82) is 0 Å². The van der Waals surface area contributed by atoms with E-state index in [2.05, 4.69) is 14.7 Å². The van der Waals surface area contributed by atoms with E-state index in [-0.39, 0.29) is 0 Å². The minimum atomic E-state index is -1.75. The third kappa shape index (κ3) is 2.10. The Morgan fingerprint density at radius 1 is 0.929 bits per heavy atom. The molecule has 4 aliphatic rings. The average molecular weight is 203 g/mol. The first kappa shape index (κ1) is 9.59. The van der Waals surface area contributed by atoms with Gasteiger partial charge in [0.25, 0.3) is 0 Å². The van der Waals surface area contributed by atoms with Gasteiger partial charge < -0.3 is 15.3 Å². The minimum absolute atomic E-state index is 1.21. The van der Waals surface area contributed by atoms with Crippen molar-refractivity contribution >= 4 is 0 Å². The number of rotatable bonds is 0. The van der Waals surface area contributed by atoms with Gasteiger partial charge in [-0.25, -0.2) is 14.7 Å². The summed E-state index contributed by atoms with van der Waals surface area (Å²) in [6.07, 6.45) is 0. The Morgan fingerprint density at radius 3 is 1.43 bits per heavy atom. The quantitative estimate of drug-likeness (QED) is 0.341. The van der Waals surface area contributed by atoms with E-state index in [0.29, 0.717) is 0 Å². The predicted octanol–water partition coefficient (Wildman–Crippen LogP) is -2.68. The van der Waals surface area contributed by atoms with Crippen molar-refractivity contribution in [3.63, 3.8) is 0 Å². The zero-order valence-corrected chi connectivity index (χ0v) is 7.76. The molecule has 0 amide bonds. The molecular formula is C6H13N5O3. The SMILES string of the molecule is C1N2CN3CN1C[NH+](C2)C3.O=[N+]([O-])[O-]. The summed E-state index contributed by atoms with van der Waals surface area (Å²) in [4.78, 5) is 17.5. The van der Waals surface area contributed by atoms with Gasteiger partial charge in [-0.1, -0.05) is 0 Å². The van der Waals surface area contributed by atoms with E-state index in [1.165, 1.54) is 40.0 Å². The summed E-state index contributed by atoms with van der Waals surface area (Å²) < 4.78 is 0. The lowest BCUT2D eigenvalue weighted by Crippen LogP contribution is -3.21. The van der Waals surface area contributed by atoms with Crippen LogP contribution in [0.25, 0.3) is 0 Å². The molecule has 0 spiro atoms. The maximum absolute atomic E-state index is 8.25. The normalized spacial score (nSPS) is 42.9. The van der Waals surface area contributed by atoms with E-state index < -0.39 is 5.09 Å². The van der Waals surface area contributed by atoms with Gasteiger partial charge >= 0.3 is 0 Å². The van der Waals surface area contributed by atoms with Crippen LogP contribution in [0.4, 0.5) is 0 Å². The molecule has 4 bridgehead atoms. The molecule has 14 heavy (non-hydrogen) atoms. The largest absolute Gasteiger partial charge is 0.356 e. The van der Waals surface area contributed by atoms with Gasteiger partial charge in [-0.3, -0.25) is 4.90 Å². The molecule has 4 saturated heterocycles. The number of quaternary nitrogens is 1. The van der Waals surface area contributed by atoms with E-state index in [0.717, 1.165) is 0 Å². The molecule has 0 unspecified atom stereocenters. The van der Waals surface area contributed by atoms with E-state index >= 15 is 0 Å². The molecule has 0 atom stereocenters. The smallest absolute Gasteiger partial charge is 0.137 e. The first-order chi connectivity index (χ1) is 6.63. The average Bonchev–Trinajstić information content (AvgIpc) is 1.98. The van der Waals surface area contributed by atoms with Crippen molar-refractivity contribution in [1.82, 2.24) is 14.7 Å². The van der Waals surface area contributed by atoms with E-state index in [1.807, 2.05) is 0 Å². The fourth-order valence-electron chi connectivity index (χ4n) is 2.38. The Bertz CT molecular complexity index is 175. The second kappa shape index (κ2) is 3.65. The van der Waals surface area contributed by atoms with Crippen molar-refractivity contribution in [2.24, 2.45) is 0 Å². The van der Waals surface area contributed by atoms with Crippen LogP contribution in [0.2, 0.25) is 0 Å². The van der Waals surface area contributed by atoms with Gasteiger partial charge in [0.2, 0.25) is 0 Å². The summed E-state index contributed by atoms with van der Waals surface area (Å²) in [6, 6.07) is 0. The summed E-state index contributed by atoms with van der Waals surface area (Å²) in [7, 11) is 0. The first-order valence-corrected chi connectivity index (χ1v) is 4.45. The van der Waals surface area contributed by atoms with Gasteiger partial charge in [0.05, 0.1) is 25.1 Å². The summed E-state index contributed by atoms with van der Waals surface area (Å²) in [5.41, 5.74) is 0. The molecular weight excluding hydrogens is 190 g/mol. The third-order valence-electron chi connectivity index (χ3n) is 2.54. The molecule has 1 N–H and O–H groups in total. The zero-order valence-electron chi connectivity index (χ0n) is 7.76. The van der Waals surface area contributed by atoms with Gasteiger partial charge in [0.15, 0.2) is 0 Å². The van der Waals surface area contributed by atoms with Gasteiger partial charge in [0.1, 0.15) is 20.0 Å². The van der Waals surface area contributed by atoms with Crippen LogP contribution in [0.15, 0.2) is 0 Å². The van der Waals surface area contributed by atoms with Crippen LogP contribution in [0.3, 0.4) is 0 Å². The fourth-order valence-corrected chi connectivity index (χ4v) is 2.38. The maximum atomic E-state index is 8.25. The number of hydrogen-bond donors (Lipinski definition) is 1. The topological polar surface area (TPSA) is 80.4 Å². The fraction of sp³-hybridized carbons (Fsp3) is 1.00. The lowest BCUT2D eigenvalue weighted by atomic mass is 10.4. The molecule has 4 fully saturated rings. The predicted molar refractivity (Wildman–Crippen MR) is 46.0 cm³/mol.